The number of hydrogen-bond donors (Lipinski definition) is 0. The van der Waals surface area contributed by atoms with Crippen molar-refractivity contribution in [3.05, 3.63) is 87.2 Å². The van der Waals surface area contributed by atoms with Gasteiger partial charge in [0.25, 0.3) is 0 Å². The maximum absolute atomic E-state index is 14.1. The van der Waals surface area contributed by atoms with Gasteiger partial charge in [0, 0.05) is 23.7 Å². The van der Waals surface area contributed by atoms with Crippen LogP contribution < -0.4 is 24.4 Å². The third kappa shape index (κ3) is 3.80. The van der Waals surface area contributed by atoms with E-state index < -0.39 is 22.6 Å². The Morgan fingerprint density at radius 2 is 1.67 bits per heavy atom. The monoisotopic (exact) mass is 497 g/mol. The van der Waals surface area contributed by atoms with E-state index in [9.17, 15) is 18.0 Å². The quantitative estimate of drug-likeness (QED) is 0.364. The summed E-state index contributed by atoms with van der Waals surface area (Å²) >= 11 is 0. The molecule has 186 valence electrons. The fraction of sp³-hybridized carbons (Fsp3) is 0.222. The number of benzene rings is 3. The molecule has 2 heterocycles. The lowest BCUT2D eigenvalue weighted by atomic mass is 9.99. The minimum absolute atomic E-state index is 0.0377. The largest absolute Gasteiger partial charge is 0.493 e. The first-order valence-electron chi connectivity index (χ1n) is 11.0. The number of pyridine rings is 1. The maximum Gasteiger partial charge on any atom is 0.417 e. The van der Waals surface area contributed by atoms with Gasteiger partial charge in [0.1, 0.15) is 12.4 Å². The van der Waals surface area contributed by atoms with Crippen LogP contribution in [0, 0.1) is 0 Å². The predicted molar refractivity (Wildman–Crippen MR) is 128 cm³/mol. The van der Waals surface area contributed by atoms with E-state index in [1.54, 1.807) is 35.0 Å². The topological polar surface area (TPSA) is 58.9 Å². The molecule has 6 nitrogen and oxygen atoms in total. The second-order valence-electron chi connectivity index (χ2n) is 8.31. The molecule has 3 aromatic carbocycles. The highest BCUT2D eigenvalue weighted by molar-refractivity contribution is 5.91. The van der Waals surface area contributed by atoms with Crippen LogP contribution in [0.2, 0.25) is 0 Å². The number of ether oxygens (including phenoxy) is 4. The van der Waals surface area contributed by atoms with Crippen LogP contribution in [0.5, 0.6) is 23.0 Å². The average Bonchev–Trinajstić information content (AvgIpc) is 3.03. The predicted octanol–water partition coefficient (Wildman–Crippen LogP) is 5.52. The lowest BCUT2D eigenvalue weighted by molar-refractivity contribution is -0.136. The summed E-state index contributed by atoms with van der Waals surface area (Å²) in [5.41, 5.74) is 0.584. The van der Waals surface area contributed by atoms with E-state index in [-0.39, 0.29) is 29.9 Å². The Morgan fingerprint density at radius 1 is 0.972 bits per heavy atom. The number of halogens is 3. The summed E-state index contributed by atoms with van der Waals surface area (Å²) < 4.78 is 65.9. The van der Waals surface area contributed by atoms with Crippen LogP contribution in [-0.4, -0.2) is 25.9 Å². The summed E-state index contributed by atoms with van der Waals surface area (Å²) in [7, 11) is 4.40. The minimum atomic E-state index is -4.73. The van der Waals surface area contributed by atoms with Crippen molar-refractivity contribution < 1.29 is 32.1 Å². The standard InChI is InChI=1S/C27H22F3NO5/c1-33-21-11-15(12-22(34-2)26(21)35-3)10-17-13-31-19-7-5-4-6-16(19)14-36-20-9-8-18(27(28,29)30)23(24(20)31)25(17)32/h4-9,11-13H,10,14H2,1-3H3. The number of fused-ring (bicyclic) bond motifs is 2. The van der Waals surface area contributed by atoms with Gasteiger partial charge in [-0.15, -0.1) is 0 Å². The van der Waals surface area contributed by atoms with Gasteiger partial charge in [-0.25, -0.2) is 0 Å². The normalized spacial score (nSPS) is 12.5. The van der Waals surface area contributed by atoms with Crippen molar-refractivity contribution >= 4 is 10.9 Å². The summed E-state index contributed by atoms with van der Waals surface area (Å²) in [5, 5.41) is -0.429. The second-order valence-corrected chi connectivity index (χ2v) is 8.31. The zero-order valence-electron chi connectivity index (χ0n) is 19.7. The molecule has 0 bridgehead atoms. The van der Waals surface area contributed by atoms with Gasteiger partial charge >= 0.3 is 6.18 Å². The molecule has 0 aliphatic carbocycles. The minimum Gasteiger partial charge on any atom is -0.493 e. The summed E-state index contributed by atoms with van der Waals surface area (Å²) in [6.07, 6.45) is -3.10. The van der Waals surface area contributed by atoms with Gasteiger partial charge in [0.15, 0.2) is 16.9 Å². The highest BCUT2D eigenvalue weighted by atomic mass is 19.4. The molecule has 0 spiro atoms. The third-order valence-corrected chi connectivity index (χ3v) is 6.24. The Balaban J connectivity index is 1.81. The first-order valence-corrected chi connectivity index (χ1v) is 11.0. The molecule has 1 aliphatic heterocycles. The molecule has 0 radical (unpaired) electrons. The Bertz CT molecular complexity index is 1520. The third-order valence-electron chi connectivity index (χ3n) is 6.24. The molecule has 5 rings (SSSR count). The zero-order chi connectivity index (χ0) is 25.6. The van der Waals surface area contributed by atoms with Gasteiger partial charge in [-0.1, -0.05) is 18.2 Å². The molecule has 4 aromatic rings. The van der Waals surface area contributed by atoms with Gasteiger partial charge in [-0.3, -0.25) is 4.79 Å². The highest BCUT2D eigenvalue weighted by Crippen LogP contribution is 2.41. The maximum atomic E-state index is 14.1. The van der Waals surface area contributed by atoms with Gasteiger partial charge in [-0.05, 0) is 35.9 Å². The Kier molecular flexibility index (Phi) is 5.78. The van der Waals surface area contributed by atoms with Gasteiger partial charge in [-0.2, -0.15) is 13.2 Å². The second kappa shape index (κ2) is 8.82. The molecule has 0 N–H and O–H groups in total. The van der Waals surface area contributed by atoms with Crippen LogP contribution in [0.3, 0.4) is 0 Å². The van der Waals surface area contributed by atoms with Crippen molar-refractivity contribution in [3.63, 3.8) is 0 Å². The molecule has 0 amide bonds. The summed E-state index contributed by atoms with van der Waals surface area (Å²) in [4.78, 5) is 13.6. The van der Waals surface area contributed by atoms with Crippen molar-refractivity contribution in [3.8, 4) is 28.7 Å². The number of alkyl halides is 3. The average molecular weight is 497 g/mol. The molecule has 0 saturated carbocycles. The van der Waals surface area contributed by atoms with Crippen molar-refractivity contribution in [2.24, 2.45) is 0 Å². The van der Waals surface area contributed by atoms with Crippen LogP contribution in [-0.2, 0) is 19.2 Å². The molecule has 0 fully saturated rings. The Labute approximate surface area is 204 Å². The SMILES string of the molecule is COc1cc(Cc2cn3c4c(ccc(C(F)(F)F)c4c2=O)OCc2ccccc2-3)cc(OC)c1OC. The van der Waals surface area contributed by atoms with Crippen molar-refractivity contribution in [2.75, 3.05) is 21.3 Å². The van der Waals surface area contributed by atoms with Crippen LogP contribution >= 0.6 is 0 Å². The van der Waals surface area contributed by atoms with Gasteiger partial charge in [0.05, 0.1) is 43.5 Å². The Morgan fingerprint density at radius 3 is 2.31 bits per heavy atom. The van der Waals surface area contributed by atoms with Crippen molar-refractivity contribution in [2.45, 2.75) is 19.2 Å². The van der Waals surface area contributed by atoms with Gasteiger partial charge in [0.2, 0.25) is 5.75 Å². The number of nitrogens with zero attached hydrogens (tertiary/aromatic N) is 1. The smallest absolute Gasteiger partial charge is 0.417 e. The summed E-state index contributed by atoms with van der Waals surface area (Å²) in [5.74, 6) is 1.34. The summed E-state index contributed by atoms with van der Waals surface area (Å²) in [6.45, 7) is 0.161. The lowest BCUT2D eigenvalue weighted by Gasteiger charge is -2.18. The fourth-order valence-corrected chi connectivity index (χ4v) is 4.63. The van der Waals surface area contributed by atoms with Gasteiger partial charge < -0.3 is 23.5 Å². The van der Waals surface area contributed by atoms with Crippen LogP contribution in [0.15, 0.2) is 59.5 Å². The molecule has 0 atom stereocenters. The Hall–Kier alpha value is -4.14. The molecular weight excluding hydrogens is 475 g/mol. The van der Waals surface area contributed by atoms with E-state index >= 15 is 0 Å². The first kappa shape index (κ1) is 23.6. The van der Waals surface area contributed by atoms with E-state index in [0.29, 0.717) is 28.5 Å². The molecular formula is C27H22F3NO5. The molecule has 1 aromatic heterocycles. The molecule has 1 aliphatic rings. The fourth-order valence-electron chi connectivity index (χ4n) is 4.63. The number of para-hydroxylation sites is 1. The summed E-state index contributed by atoms with van der Waals surface area (Å²) in [6, 6.07) is 12.8. The molecule has 9 heteroatoms. The van der Waals surface area contributed by atoms with Crippen LogP contribution in [0.1, 0.15) is 22.3 Å². The molecule has 36 heavy (non-hydrogen) atoms. The number of hydrogen-bond acceptors (Lipinski definition) is 5. The van der Waals surface area contributed by atoms with Crippen molar-refractivity contribution in [1.82, 2.24) is 4.57 Å². The van der Waals surface area contributed by atoms with E-state index in [0.717, 1.165) is 11.6 Å². The van der Waals surface area contributed by atoms with Crippen LogP contribution in [0.25, 0.3) is 16.6 Å². The molecule has 0 saturated heterocycles. The lowest BCUT2D eigenvalue weighted by Crippen LogP contribution is -2.19. The van der Waals surface area contributed by atoms with E-state index in [1.807, 2.05) is 12.1 Å². The van der Waals surface area contributed by atoms with E-state index in [4.69, 9.17) is 18.9 Å². The highest BCUT2D eigenvalue weighted by Gasteiger charge is 2.36. The van der Waals surface area contributed by atoms with E-state index in [1.165, 1.54) is 27.4 Å². The molecule has 0 unspecified atom stereocenters. The van der Waals surface area contributed by atoms with E-state index in [2.05, 4.69) is 0 Å². The zero-order valence-corrected chi connectivity index (χ0v) is 19.7. The van der Waals surface area contributed by atoms with Crippen molar-refractivity contribution in [1.29, 1.82) is 0 Å². The van der Waals surface area contributed by atoms with Crippen LogP contribution in [0.4, 0.5) is 13.2 Å². The first-order chi connectivity index (χ1) is 17.3. The number of methoxy groups -OCH3 is 3. The number of aromatic nitrogens is 1. The number of rotatable bonds is 5.